The quantitative estimate of drug-likeness (QED) is 0.296. The zero-order valence-corrected chi connectivity index (χ0v) is 16.2. The number of aromatic nitrogens is 2. The third kappa shape index (κ3) is 5.43. The van der Waals surface area contributed by atoms with E-state index >= 15 is 0 Å². The van der Waals surface area contributed by atoms with Crippen molar-refractivity contribution in [2.75, 3.05) is 24.0 Å². The molecule has 6 nitrogen and oxygen atoms in total. The number of ether oxygens (including phenoxy) is 2. The van der Waals surface area contributed by atoms with Gasteiger partial charge in [0.15, 0.2) is 12.6 Å². The summed E-state index contributed by atoms with van der Waals surface area (Å²) in [5.74, 6) is 1.58. The number of rotatable bonds is 7. The summed E-state index contributed by atoms with van der Waals surface area (Å²) < 4.78 is 51.4. The Morgan fingerprint density at radius 1 is 1.32 bits per heavy atom. The van der Waals surface area contributed by atoms with Gasteiger partial charge in [0.05, 0.1) is 10.9 Å². The largest absolute Gasteiger partial charge is 0.467 e. The molecule has 0 aliphatic carbocycles. The summed E-state index contributed by atoms with van der Waals surface area (Å²) >= 11 is 2.91. The van der Waals surface area contributed by atoms with Gasteiger partial charge in [0.25, 0.3) is 0 Å². The first-order valence-electron chi connectivity index (χ1n) is 7.92. The second kappa shape index (κ2) is 9.52. The van der Waals surface area contributed by atoms with E-state index < -0.39 is 23.3 Å². The van der Waals surface area contributed by atoms with Gasteiger partial charge < -0.3 is 14.8 Å². The van der Waals surface area contributed by atoms with Gasteiger partial charge in [0.1, 0.15) is 11.4 Å². The summed E-state index contributed by atoms with van der Waals surface area (Å²) in [6.07, 6.45) is 0.603. The molecule has 0 aliphatic rings. The number of hydrogen-bond acceptors (Lipinski definition) is 5. The van der Waals surface area contributed by atoms with Crippen LogP contribution in [0.25, 0.3) is 11.3 Å². The van der Waals surface area contributed by atoms with Gasteiger partial charge in [0, 0.05) is 17.7 Å². The summed E-state index contributed by atoms with van der Waals surface area (Å²) in [6.45, 7) is 1.93. The Kier molecular flexibility index (Phi) is 7.37. The second-order valence-corrected chi connectivity index (χ2v) is 5.84. The van der Waals surface area contributed by atoms with Crippen LogP contribution in [0.4, 0.5) is 19.0 Å². The maximum absolute atomic E-state index is 13.6. The summed E-state index contributed by atoms with van der Waals surface area (Å²) in [7, 11) is 0. The van der Waals surface area contributed by atoms with E-state index in [0.717, 1.165) is 0 Å². The molecule has 2 rings (SSSR count). The monoisotopic (exact) mass is 457 g/mol. The smallest absolute Gasteiger partial charge is 0.418 e. The Morgan fingerprint density at radius 3 is 2.68 bits per heavy atom. The normalized spacial score (nSPS) is 11.0. The molecule has 0 unspecified atom stereocenters. The average molecular weight is 458 g/mol. The zero-order valence-electron chi connectivity index (χ0n) is 14.6. The molecule has 2 aromatic rings. The number of benzene rings is 1. The summed E-state index contributed by atoms with van der Waals surface area (Å²) in [6, 6.07) is 4.96. The average Bonchev–Trinajstić information content (AvgIpc) is 2.67. The van der Waals surface area contributed by atoms with E-state index in [1.165, 1.54) is 18.2 Å². The molecular weight excluding hydrogens is 443 g/mol. The number of carbonyl (C=O) groups excluding carboxylic acids is 1. The molecule has 10 heteroatoms. The SMILES string of the molecule is C#Cc1ccc(-c2nnc(NC(=O)CBr)cc2C(F)(F)F)c(OCOCC)c1. The molecule has 148 valence electrons. The lowest BCUT2D eigenvalue weighted by atomic mass is 10.0. The molecule has 0 saturated heterocycles. The fourth-order valence-corrected chi connectivity index (χ4v) is 2.30. The van der Waals surface area contributed by atoms with Crippen LogP contribution in [0.5, 0.6) is 5.75 Å². The lowest BCUT2D eigenvalue weighted by Gasteiger charge is -2.16. The van der Waals surface area contributed by atoms with Crippen molar-refractivity contribution >= 4 is 27.7 Å². The van der Waals surface area contributed by atoms with E-state index in [2.05, 4.69) is 37.4 Å². The Hall–Kier alpha value is -2.64. The Balaban J connectivity index is 2.56. The topological polar surface area (TPSA) is 73.3 Å². The fraction of sp³-hybridized carbons (Fsp3) is 0.278. The van der Waals surface area contributed by atoms with Crippen molar-refractivity contribution in [1.82, 2.24) is 10.2 Å². The van der Waals surface area contributed by atoms with Gasteiger partial charge in [-0.1, -0.05) is 21.9 Å². The summed E-state index contributed by atoms with van der Waals surface area (Å²) in [5, 5.41) is 9.47. The van der Waals surface area contributed by atoms with E-state index in [1.54, 1.807) is 6.92 Å². The first kappa shape index (κ1) is 21.7. The first-order chi connectivity index (χ1) is 13.3. The molecule has 1 N–H and O–H groups in total. The molecule has 0 spiro atoms. The number of amides is 1. The van der Waals surface area contributed by atoms with Crippen LogP contribution < -0.4 is 10.1 Å². The summed E-state index contributed by atoms with van der Waals surface area (Å²) in [5.41, 5.74) is -1.09. The molecule has 1 amide bonds. The van der Waals surface area contributed by atoms with Crippen LogP contribution >= 0.6 is 15.9 Å². The minimum absolute atomic E-state index is 0.0388. The van der Waals surface area contributed by atoms with Crippen LogP contribution in [0.1, 0.15) is 18.1 Å². The first-order valence-corrected chi connectivity index (χ1v) is 9.04. The molecule has 0 atom stereocenters. The van der Waals surface area contributed by atoms with Crippen molar-refractivity contribution < 1.29 is 27.4 Å². The van der Waals surface area contributed by atoms with Gasteiger partial charge in [-0.05, 0) is 31.2 Å². The van der Waals surface area contributed by atoms with E-state index in [9.17, 15) is 18.0 Å². The highest BCUT2D eigenvalue weighted by Crippen LogP contribution is 2.40. The fourth-order valence-electron chi connectivity index (χ4n) is 2.16. The van der Waals surface area contributed by atoms with Crippen molar-refractivity contribution in [1.29, 1.82) is 0 Å². The van der Waals surface area contributed by atoms with Crippen molar-refractivity contribution in [3.05, 3.63) is 35.4 Å². The Labute approximate surface area is 167 Å². The Bertz CT molecular complexity index is 898. The predicted molar refractivity (Wildman–Crippen MR) is 99.9 cm³/mol. The maximum Gasteiger partial charge on any atom is 0.418 e. The molecule has 1 aromatic heterocycles. The van der Waals surface area contributed by atoms with Gasteiger partial charge in [-0.15, -0.1) is 16.6 Å². The van der Waals surface area contributed by atoms with Crippen LogP contribution in [-0.4, -0.2) is 34.8 Å². The van der Waals surface area contributed by atoms with E-state index in [0.29, 0.717) is 18.2 Å². The number of nitrogens with one attached hydrogen (secondary N) is 1. The van der Waals surface area contributed by atoms with Gasteiger partial charge in [-0.2, -0.15) is 13.2 Å². The molecular formula is C18H15BrF3N3O3. The van der Waals surface area contributed by atoms with Crippen LogP contribution in [0, 0.1) is 12.3 Å². The van der Waals surface area contributed by atoms with Gasteiger partial charge in [-0.25, -0.2) is 0 Å². The van der Waals surface area contributed by atoms with Crippen LogP contribution in [0.15, 0.2) is 24.3 Å². The second-order valence-electron chi connectivity index (χ2n) is 5.28. The molecule has 0 radical (unpaired) electrons. The molecule has 0 aliphatic heterocycles. The van der Waals surface area contributed by atoms with Crippen LogP contribution in [0.3, 0.4) is 0 Å². The number of nitrogens with zero attached hydrogens (tertiary/aromatic N) is 2. The summed E-state index contributed by atoms with van der Waals surface area (Å²) in [4.78, 5) is 11.4. The van der Waals surface area contributed by atoms with E-state index in [4.69, 9.17) is 15.9 Å². The zero-order chi connectivity index (χ0) is 20.7. The van der Waals surface area contributed by atoms with Crippen molar-refractivity contribution in [3.8, 4) is 29.4 Å². The molecule has 28 heavy (non-hydrogen) atoms. The highest BCUT2D eigenvalue weighted by atomic mass is 79.9. The van der Waals surface area contributed by atoms with E-state index in [-0.39, 0.29) is 29.3 Å². The van der Waals surface area contributed by atoms with Gasteiger partial charge in [-0.3, -0.25) is 4.79 Å². The standard InChI is InChI=1S/C18H15BrF3N3O3/c1-3-11-5-6-12(14(7-11)28-10-27-4-2)17-13(18(20,21)22)8-15(24-25-17)23-16(26)9-19/h1,5-8H,4,9-10H2,2H3,(H,23,24,26). The maximum atomic E-state index is 13.6. The number of anilines is 1. The highest BCUT2D eigenvalue weighted by molar-refractivity contribution is 9.09. The lowest BCUT2D eigenvalue weighted by molar-refractivity contribution is -0.137. The molecule has 0 bridgehead atoms. The van der Waals surface area contributed by atoms with Gasteiger partial charge in [0.2, 0.25) is 5.91 Å². The number of alkyl halides is 4. The number of halogens is 4. The number of terminal acetylenes is 1. The number of carbonyl (C=O) groups is 1. The molecule has 0 saturated carbocycles. The van der Waals surface area contributed by atoms with Crippen molar-refractivity contribution in [2.45, 2.75) is 13.1 Å². The van der Waals surface area contributed by atoms with Crippen molar-refractivity contribution in [2.24, 2.45) is 0 Å². The lowest BCUT2D eigenvalue weighted by Crippen LogP contribution is -2.17. The Morgan fingerprint density at radius 2 is 2.07 bits per heavy atom. The van der Waals surface area contributed by atoms with Crippen molar-refractivity contribution in [3.63, 3.8) is 0 Å². The van der Waals surface area contributed by atoms with E-state index in [1.807, 2.05) is 0 Å². The van der Waals surface area contributed by atoms with Crippen LogP contribution in [-0.2, 0) is 15.7 Å². The highest BCUT2D eigenvalue weighted by Gasteiger charge is 2.36. The molecule has 1 heterocycles. The van der Waals surface area contributed by atoms with Crippen LogP contribution in [0.2, 0.25) is 0 Å². The predicted octanol–water partition coefficient (Wildman–Crippen LogP) is 3.85. The minimum Gasteiger partial charge on any atom is -0.467 e. The molecule has 1 aromatic carbocycles. The minimum atomic E-state index is -4.75. The third-order valence-electron chi connectivity index (χ3n) is 3.39. The molecule has 0 fully saturated rings. The third-order valence-corrected chi connectivity index (χ3v) is 3.90. The van der Waals surface area contributed by atoms with Gasteiger partial charge >= 0.3 is 6.18 Å². The number of hydrogen-bond donors (Lipinski definition) is 1.